The minimum atomic E-state index is -2.66. The minimum absolute atomic E-state index is 0.0462. The summed E-state index contributed by atoms with van der Waals surface area (Å²) in [5.41, 5.74) is -0.0253. The number of ketones is 1. The van der Waals surface area contributed by atoms with Crippen LogP contribution < -0.4 is 10.4 Å². The van der Waals surface area contributed by atoms with E-state index in [4.69, 9.17) is 13.9 Å². The lowest BCUT2D eigenvalue weighted by Gasteiger charge is -2.63. The topological polar surface area (TPSA) is 44.8 Å². The summed E-state index contributed by atoms with van der Waals surface area (Å²) in [6.45, 7) is 16.2. The summed E-state index contributed by atoms with van der Waals surface area (Å²) in [6, 6.07) is 22.2. The van der Waals surface area contributed by atoms with Crippen molar-refractivity contribution >= 4 is 24.5 Å². The van der Waals surface area contributed by atoms with Gasteiger partial charge in [-0.2, -0.15) is 0 Å². The number of benzene rings is 2. The molecule has 5 heteroatoms. The molecule has 9 atom stereocenters. The maximum atomic E-state index is 13.2. The average Bonchev–Trinajstić information content (AvgIpc) is 3.46. The first-order valence-electron chi connectivity index (χ1n) is 17.0. The molecule has 0 radical (unpaired) electrons. The monoisotopic (exact) mass is 600 g/mol. The molecule has 4 nitrogen and oxygen atoms in total. The fourth-order valence-electron chi connectivity index (χ4n) is 11.0. The molecular weight excluding hydrogens is 549 g/mol. The zero-order chi connectivity index (χ0) is 30.4. The molecule has 0 N–H and O–H groups in total. The van der Waals surface area contributed by atoms with Gasteiger partial charge in [0, 0.05) is 17.9 Å². The summed E-state index contributed by atoms with van der Waals surface area (Å²) in [4.78, 5) is 13.2. The maximum Gasteiger partial charge on any atom is 0.261 e. The molecule has 0 spiro atoms. The van der Waals surface area contributed by atoms with Crippen LogP contribution in [-0.2, 0) is 18.7 Å². The molecule has 5 fully saturated rings. The Kier molecular flexibility index (Phi) is 7.02. The van der Waals surface area contributed by atoms with E-state index in [1.165, 1.54) is 10.4 Å². The normalized spacial score (nSPS) is 40.3. The molecule has 43 heavy (non-hydrogen) atoms. The van der Waals surface area contributed by atoms with Gasteiger partial charge in [-0.25, -0.2) is 0 Å². The highest BCUT2D eigenvalue weighted by Gasteiger charge is 2.69. The number of fused-ring (bicyclic) bond motifs is 8. The number of carbonyl (C=O) groups excluding carboxylic acids is 1. The van der Waals surface area contributed by atoms with Crippen molar-refractivity contribution in [2.24, 2.45) is 34.5 Å². The highest BCUT2D eigenvalue weighted by molar-refractivity contribution is 6.99. The Morgan fingerprint density at radius 1 is 0.767 bits per heavy atom. The third kappa shape index (κ3) is 4.42. The Morgan fingerprint density at radius 3 is 1.98 bits per heavy atom. The molecular formula is C38H52O4Si. The lowest BCUT2D eigenvalue weighted by Crippen LogP contribution is -2.69. The van der Waals surface area contributed by atoms with E-state index in [0.717, 1.165) is 44.9 Å². The van der Waals surface area contributed by atoms with Gasteiger partial charge in [0.2, 0.25) is 0 Å². The van der Waals surface area contributed by atoms with Crippen LogP contribution in [0.15, 0.2) is 60.7 Å². The number of rotatable bonds is 4. The molecule has 0 aromatic heterocycles. The van der Waals surface area contributed by atoms with Gasteiger partial charge >= 0.3 is 0 Å². The second-order valence-electron chi connectivity index (χ2n) is 16.6. The summed E-state index contributed by atoms with van der Waals surface area (Å²) in [6.07, 6.45) is 7.40. The zero-order valence-corrected chi connectivity index (χ0v) is 28.4. The first-order chi connectivity index (χ1) is 20.3. The van der Waals surface area contributed by atoms with Crippen molar-refractivity contribution in [2.75, 3.05) is 0 Å². The second-order valence-corrected chi connectivity index (χ2v) is 20.8. The summed E-state index contributed by atoms with van der Waals surface area (Å²) in [5, 5.41) is 2.65. The number of Topliss-reactive ketones (excluding diaryl/α,β-unsaturated/α-hetero) is 1. The fourth-order valence-corrected chi connectivity index (χ4v) is 15.7. The van der Waals surface area contributed by atoms with E-state index in [0.29, 0.717) is 29.5 Å². The smallest absolute Gasteiger partial charge is 0.261 e. The highest BCUT2D eigenvalue weighted by Crippen LogP contribution is 2.68. The van der Waals surface area contributed by atoms with Gasteiger partial charge in [0.1, 0.15) is 5.78 Å². The van der Waals surface area contributed by atoms with Gasteiger partial charge in [-0.1, -0.05) is 95.3 Å². The summed E-state index contributed by atoms with van der Waals surface area (Å²) >= 11 is 0. The fraction of sp³-hybridized carbons (Fsp3) is 0.658. The Bertz CT molecular complexity index is 1310. The first-order valence-corrected chi connectivity index (χ1v) is 18.9. The third-order valence-electron chi connectivity index (χ3n) is 13.0. The molecule has 2 aromatic rings. The van der Waals surface area contributed by atoms with Gasteiger partial charge in [0.25, 0.3) is 8.32 Å². The molecule has 2 aromatic carbocycles. The molecule has 0 unspecified atom stereocenters. The van der Waals surface area contributed by atoms with E-state index in [1.807, 2.05) is 0 Å². The molecule has 232 valence electrons. The largest absolute Gasteiger partial charge is 0.404 e. The predicted octanol–water partition coefficient (Wildman–Crippen LogP) is 7.28. The number of hydrogen-bond acceptors (Lipinski definition) is 4. The van der Waals surface area contributed by atoms with Gasteiger partial charge in [-0.3, -0.25) is 4.79 Å². The van der Waals surface area contributed by atoms with Gasteiger partial charge in [0.15, 0.2) is 5.79 Å². The van der Waals surface area contributed by atoms with Crippen molar-refractivity contribution in [1.29, 1.82) is 0 Å². The standard InChI is InChI=1S/C38H52O4Si/c1-35(2,3)43(26-14-10-8-11-15-26,27-16-12-9-13-17-27)42-25-20-22-37(6)29-21-23-38(7)28(18-19-31(38)39)32(29)34-33(30(37)24-25)40-36(4,5)41-34/h8-17,25,28-30,32-34H,18-24H2,1-7H3/t25-,28-,29-,30+,32-,33+,34+,37+,38-/m0/s1. The first kappa shape index (κ1) is 29.9. The van der Waals surface area contributed by atoms with E-state index in [-0.39, 0.29) is 34.2 Å². The van der Waals surface area contributed by atoms with Crippen LogP contribution in [0, 0.1) is 34.5 Å². The molecule has 7 rings (SSSR count). The minimum Gasteiger partial charge on any atom is -0.404 e. The summed E-state index contributed by atoms with van der Waals surface area (Å²) in [7, 11) is -2.66. The molecule has 4 aliphatic carbocycles. The highest BCUT2D eigenvalue weighted by atomic mass is 28.4. The van der Waals surface area contributed by atoms with Crippen molar-refractivity contribution in [3.63, 3.8) is 0 Å². The predicted molar refractivity (Wildman–Crippen MR) is 174 cm³/mol. The molecule has 0 bridgehead atoms. The number of hydrogen-bond donors (Lipinski definition) is 0. The SMILES string of the molecule is CC1(C)O[C@H]2[C@H](O1)[C@H]1C[C@@H](O[Si](c3ccccc3)(c3ccccc3)C(C)(C)C)CC[C@]1(C)[C@H]1CC[C@]3(C)C(=O)CC[C@H]3[C@H]21. The molecule has 1 aliphatic heterocycles. The van der Waals surface area contributed by atoms with Crippen LogP contribution in [0.2, 0.25) is 5.04 Å². The van der Waals surface area contributed by atoms with E-state index in [2.05, 4.69) is 109 Å². The lowest BCUT2D eigenvalue weighted by atomic mass is 9.44. The molecule has 1 saturated heterocycles. The van der Waals surface area contributed by atoms with Gasteiger partial charge < -0.3 is 13.9 Å². The Hall–Kier alpha value is -1.79. The molecule has 4 saturated carbocycles. The molecule has 0 amide bonds. The lowest BCUT2D eigenvalue weighted by molar-refractivity contribution is -0.185. The van der Waals surface area contributed by atoms with E-state index < -0.39 is 14.1 Å². The van der Waals surface area contributed by atoms with Crippen molar-refractivity contribution in [2.45, 2.75) is 123 Å². The van der Waals surface area contributed by atoms with Gasteiger partial charge in [-0.05, 0) is 96.9 Å². The van der Waals surface area contributed by atoms with Crippen LogP contribution in [0.1, 0.15) is 93.4 Å². The van der Waals surface area contributed by atoms with Crippen LogP contribution in [0.5, 0.6) is 0 Å². The Labute approximate surface area is 260 Å². The van der Waals surface area contributed by atoms with Crippen LogP contribution in [0.4, 0.5) is 0 Å². The van der Waals surface area contributed by atoms with E-state index >= 15 is 0 Å². The van der Waals surface area contributed by atoms with Crippen molar-refractivity contribution in [3.8, 4) is 0 Å². The van der Waals surface area contributed by atoms with Gasteiger partial charge in [-0.15, -0.1) is 0 Å². The summed E-state index contributed by atoms with van der Waals surface area (Å²) < 4.78 is 21.5. The maximum absolute atomic E-state index is 13.2. The Balaban J connectivity index is 1.27. The van der Waals surface area contributed by atoms with Crippen LogP contribution >= 0.6 is 0 Å². The zero-order valence-electron chi connectivity index (χ0n) is 27.4. The third-order valence-corrected chi connectivity index (χ3v) is 18.0. The van der Waals surface area contributed by atoms with Crippen molar-refractivity contribution in [1.82, 2.24) is 0 Å². The summed E-state index contributed by atoms with van der Waals surface area (Å²) in [5.74, 6) is 1.63. The van der Waals surface area contributed by atoms with Gasteiger partial charge in [0.05, 0.1) is 12.2 Å². The second kappa shape index (κ2) is 10.1. The van der Waals surface area contributed by atoms with E-state index in [1.54, 1.807) is 0 Å². The van der Waals surface area contributed by atoms with Crippen LogP contribution in [-0.4, -0.2) is 38.2 Å². The quantitative estimate of drug-likeness (QED) is 0.346. The van der Waals surface area contributed by atoms with Crippen molar-refractivity contribution in [3.05, 3.63) is 60.7 Å². The number of carbonyl (C=O) groups is 1. The molecule has 5 aliphatic rings. The number of ether oxygens (including phenoxy) is 2. The van der Waals surface area contributed by atoms with Crippen LogP contribution in [0.3, 0.4) is 0 Å². The Morgan fingerprint density at radius 2 is 1.37 bits per heavy atom. The molecule has 1 heterocycles. The van der Waals surface area contributed by atoms with Crippen molar-refractivity contribution < 1.29 is 18.7 Å². The van der Waals surface area contributed by atoms with Crippen LogP contribution in [0.25, 0.3) is 0 Å². The van der Waals surface area contributed by atoms with E-state index in [9.17, 15) is 4.79 Å². The average molecular weight is 601 g/mol.